The summed E-state index contributed by atoms with van der Waals surface area (Å²) in [5, 5.41) is 3.40. The van der Waals surface area contributed by atoms with Crippen molar-refractivity contribution in [1.82, 2.24) is 19.9 Å². The molecule has 6 nitrogen and oxygen atoms in total. The molecule has 0 unspecified atom stereocenters. The molecule has 7 heteroatoms. The maximum Gasteiger partial charge on any atom is 0.230 e. The fourth-order valence-corrected chi connectivity index (χ4v) is 1.84. The van der Waals surface area contributed by atoms with Crippen LogP contribution in [0.15, 0.2) is 0 Å². The molecule has 0 amide bonds. The van der Waals surface area contributed by atoms with Crippen LogP contribution in [0, 0.1) is 0 Å². The first kappa shape index (κ1) is 15.9. The Balaban J connectivity index is 2.53. The Kier molecular flexibility index (Phi) is 6.80. The third-order valence-electron chi connectivity index (χ3n) is 2.69. The molecule has 0 radical (unpaired) electrons. The Morgan fingerprint density at radius 1 is 1.11 bits per heavy atom. The molecule has 0 fully saturated rings. The molecule has 0 atom stereocenters. The van der Waals surface area contributed by atoms with Crippen molar-refractivity contribution in [1.29, 1.82) is 0 Å². The maximum atomic E-state index is 5.87. The van der Waals surface area contributed by atoms with E-state index in [-0.39, 0.29) is 5.28 Å². The predicted molar refractivity (Wildman–Crippen MR) is 80.1 cm³/mol. The third kappa shape index (κ3) is 5.57. The number of likely N-dealkylation sites (N-methyl/N-ethyl adjacent to an activating group) is 1. The van der Waals surface area contributed by atoms with E-state index < -0.39 is 0 Å². The van der Waals surface area contributed by atoms with Gasteiger partial charge >= 0.3 is 0 Å². The summed E-state index contributed by atoms with van der Waals surface area (Å²) < 4.78 is 0. The van der Waals surface area contributed by atoms with Crippen molar-refractivity contribution in [2.75, 3.05) is 50.5 Å². The van der Waals surface area contributed by atoms with Crippen molar-refractivity contribution in [3.05, 3.63) is 5.28 Å². The highest BCUT2D eigenvalue weighted by atomic mass is 35.5. The molecule has 0 spiro atoms. The molecule has 108 valence electrons. The number of rotatable bonds is 8. The van der Waals surface area contributed by atoms with Gasteiger partial charge in [-0.3, -0.25) is 0 Å². The smallest absolute Gasteiger partial charge is 0.230 e. The van der Waals surface area contributed by atoms with E-state index >= 15 is 0 Å². The minimum absolute atomic E-state index is 0.210. The molecular weight excluding hydrogens is 264 g/mol. The average molecular weight is 287 g/mol. The normalized spacial score (nSPS) is 10.8. The van der Waals surface area contributed by atoms with Crippen molar-refractivity contribution >= 4 is 23.5 Å². The van der Waals surface area contributed by atoms with Crippen LogP contribution < -0.4 is 10.2 Å². The minimum atomic E-state index is 0.210. The van der Waals surface area contributed by atoms with E-state index in [1.807, 2.05) is 14.1 Å². The van der Waals surface area contributed by atoms with Crippen LogP contribution in [0.25, 0.3) is 0 Å². The van der Waals surface area contributed by atoms with Gasteiger partial charge in [0, 0.05) is 27.2 Å². The van der Waals surface area contributed by atoms with E-state index in [4.69, 9.17) is 11.6 Å². The number of nitrogens with one attached hydrogen (secondary N) is 1. The van der Waals surface area contributed by atoms with Crippen LogP contribution in [-0.4, -0.2) is 60.1 Å². The Labute approximate surface area is 120 Å². The highest BCUT2D eigenvalue weighted by molar-refractivity contribution is 6.28. The molecule has 0 bridgehead atoms. The molecule has 1 aromatic heterocycles. The molecule has 0 saturated heterocycles. The number of hydrogen-bond acceptors (Lipinski definition) is 6. The number of anilines is 2. The molecule has 1 N–H and O–H groups in total. The second-order valence-corrected chi connectivity index (χ2v) is 4.82. The molecule has 0 aliphatic heterocycles. The number of nitrogens with zero attached hydrogens (tertiary/aromatic N) is 5. The van der Waals surface area contributed by atoms with Crippen molar-refractivity contribution in [2.45, 2.75) is 20.3 Å². The van der Waals surface area contributed by atoms with Gasteiger partial charge < -0.3 is 15.1 Å². The van der Waals surface area contributed by atoms with Crippen molar-refractivity contribution < 1.29 is 0 Å². The summed E-state index contributed by atoms with van der Waals surface area (Å²) in [6, 6.07) is 0. The van der Waals surface area contributed by atoms with Gasteiger partial charge in [0.15, 0.2) is 0 Å². The van der Waals surface area contributed by atoms with Gasteiger partial charge in [-0.25, -0.2) is 0 Å². The van der Waals surface area contributed by atoms with Gasteiger partial charge in [-0.1, -0.05) is 13.8 Å². The van der Waals surface area contributed by atoms with Gasteiger partial charge in [0.05, 0.1) is 0 Å². The Bertz CT molecular complexity index is 384. The van der Waals surface area contributed by atoms with E-state index in [1.165, 1.54) is 0 Å². The molecule has 0 aliphatic carbocycles. The molecule has 0 saturated carbocycles. The lowest BCUT2D eigenvalue weighted by Gasteiger charge is -2.19. The van der Waals surface area contributed by atoms with Gasteiger partial charge in [-0.05, 0) is 31.1 Å². The van der Waals surface area contributed by atoms with Crippen LogP contribution in [0.1, 0.15) is 20.3 Å². The average Bonchev–Trinajstić information content (AvgIpc) is 2.37. The molecule has 19 heavy (non-hydrogen) atoms. The van der Waals surface area contributed by atoms with E-state index in [9.17, 15) is 0 Å². The Hall–Kier alpha value is -1.14. The highest BCUT2D eigenvalue weighted by Gasteiger charge is 2.07. The lowest BCUT2D eigenvalue weighted by molar-refractivity contribution is 0.300. The third-order valence-corrected chi connectivity index (χ3v) is 2.86. The van der Waals surface area contributed by atoms with Gasteiger partial charge in [-0.2, -0.15) is 15.0 Å². The summed E-state index contributed by atoms with van der Waals surface area (Å²) in [6.45, 7) is 8.27. The topological polar surface area (TPSA) is 57.2 Å². The van der Waals surface area contributed by atoms with Crippen molar-refractivity contribution in [3.8, 4) is 0 Å². The monoisotopic (exact) mass is 286 g/mol. The quantitative estimate of drug-likeness (QED) is 0.785. The largest absolute Gasteiger partial charge is 0.353 e. The Morgan fingerprint density at radius 3 is 2.42 bits per heavy atom. The Morgan fingerprint density at radius 2 is 1.84 bits per heavy atom. The first-order valence-electron chi connectivity index (χ1n) is 6.62. The van der Waals surface area contributed by atoms with Crippen LogP contribution in [0.3, 0.4) is 0 Å². The zero-order valence-corrected chi connectivity index (χ0v) is 12.9. The fourth-order valence-electron chi connectivity index (χ4n) is 1.69. The van der Waals surface area contributed by atoms with E-state index in [0.29, 0.717) is 11.9 Å². The van der Waals surface area contributed by atoms with Crippen LogP contribution in [-0.2, 0) is 0 Å². The minimum Gasteiger partial charge on any atom is -0.353 e. The summed E-state index contributed by atoms with van der Waals surface area (Å²) in [6.07, 6.45) is 1.16. The van der Waals surface area contributed by atoms with E-state index in [1.54, 1.807) is 4.90 Å². The molecule has 1 heterocycles. The van der Waals surface area contributed by atoms with Gasteiger partial charge in [0.2, 0.25) is 17.2 Å². The second kappa shape index (κ2) is 8.12. The zero-order valence-electron chi connectivity index (χ0n) is 12.1. The number of aromatic nitrogens is 3. The standard InChI is InChI=1S/C12H23ClN6/c1-5-8-19(6-2)9-7-14-11-15-10(13)16-12(17-11)18(3)4/h5-9H2,1-4H3,(H,14,15,16,17). The van der Waals surface area contributed by atoms with Crippen molar-refractivity contribution in [2.24, 2.45) is 0 Å². The first-order valence-corrected chi connectivity index (χ1v) is 6.99. The molecule has 0 aliphatic rings. The number of hydrogen-bond donors (Lipinski definition) is 1. The van der Waals surface area contributed by atoms with Crippen LogP contribution >= 0.6 is 11.6 Å². The van der Waals surface area contributed by atoms with Crippen molar-refractivity contribution in [3.63, 3.8) is 0 Å². The van der Waals surface area contributed by atoms with Crippen LogP contribution in [0.4, 0.5) is 11.9 Å². The van der Waals surface area contributed by atoms with Crippen LogP contribution in [0.2, 0.25) is 5.28 Å². The fraction of sp³-hybridized carbons (Fsp3) is 0.750. The highest BCUT2D eigenvalue weighted by Crippen LogP contribution is 2.11. The summed E-state index contributed by atoms with van der Waals surface area (Å²) >= 11 is 5.87. The maximum absolute atomic E-state index is 5.87. The lowest BCUT2D eigenvalue weighted by Crippen LogP contribution is -2.30. The molecule has 0 aromatic carbocycles. The molecular formula is C12H23ClN6. The van der Waals surface area contributed by atoms with Crippen LogP contribution in [0.5, 0.6) is 0 Å². The van der Waals surface area contributed by atoms with Gasteiger partial charge in [0.1, 0.15) is 0 Å². The van der Waals surface area contributed by atoms with Gasteiger partial charge in [-0.15, -0.1) is 0 Å². The SMILES string of the molecule is CCCN(CC)CCNc1nc(Cl)nc(N(C)C)n1. The first-order chi connectivity index (χ1) is 9.06. The number of halogens is 1. The summed E-state index contributed by atoms with van der Waals surface area (Å²) in [7, 11) is 3.74. The molecule has 1 rings (SSSR count). The molecule has 1 aromatic rings. The predicted octanol–water partition coefficient (Wildman–Crippen LogP) is 1.73. The van der Waals surface area contributed by atoms with Gasteiger partial charge in [0.25, 0.3) is 0 Å². The van der Waals surface area contributed by atoms with E-state index in [0.717, 1.165) is 32.6 Å². The summed E-state index contributed by atoms with van der Waals surface area (Å²) in [5.74, 6) is 1.08. The summed E-state index contributed by atoms with van der Waals surface area (Å²) in [4.78, 5) is 16.6. The summed E-state index contributed by atoms with van der Waals surface area (Å²) in [5.41, 5.74) is 0. The zero-order chi connectivity index (χ0) is 14.3. The second-order valence-electron chi connectivity index (χ2n) is 4.48. The van der Waals surface area contributed by atoms with E-state index in [2.05, 4.69) is 39.0 Å². The lowest BCUT2D eigenvalue weighted by atomic mass is 10.4.